The molecule has 1 aromatic rings. The van der Waals surface area contributed by atoms with E-state index in [1.54, 1.807) is 0 Å². The smallest absolute Gasteiger partial charge is 0.145 e. The highest BCUT2D eigenvalue weighted by Crippen LogP contribution is 2.34. The Labute approximate surface area is 139 Å². The Bertz CT molecular complexity index is 465. The summed E-state index contributed by atoms with van der Waals surface area (Å²) in [4.78, 5) is 2.18. The molecule has 0 aromatic heterocycles. The monoisotopic (exact) mass is 382 g/mol. The molecule has 0 radical (unpaired) electrons. The van der Waals surface area contributed by atoms with Crippen molar-refractivity contribution in [2.45, 2.75) is 26.3 Å². The van der Waals surface area contributed by atoms with E-state index in [9.17, 15) is 8.78 Å². The van der Waals surface area contributed by atoms with Gasteiger partial charge in [0, 0.05) is 37.8 Å². The van der Waals surface area contributed by atoms with Gasteiger partial charge in [0.1, 0.15) is 11.6 Å². The summed E-state index contributed by atoms with van der Waals surface area (Å²) < 4.78 is 28.9. The van der Waals surface area contributed by atoms with Crippen LogP contribution in [0.4, 0.5) is 8.78 Å². The molecule has 1 aromatic carbocycles. The van der Waals surface area contributed by atoms with Gasteiger partial charge in [0.25, 0.3) is 0 Å². The summed E-state index contributed by atoms with van der Waals surface area (Å²) >= 11 is 3.17. The van der Waals surface area contributed by atoms with Crippen LogP contribution in [0.2, 0.25) is 0 Å². The van der Waals surface area contributed by atoms with Crippen LogP contribution in [0.5, 0.6) is 0 Å². The van der Waals surface area contributed by atoms with E-state index in [4.69, 9.17) is 0 Å². The lowest BCUT2D eigenvalue weighted by atomic mass is 9.94. The summed E-state index contributed by atoms with van der Waals surface area (Å²) in [6, 6.07) is 2.57. The Morgan fingerprint density at radius 2 is 1.86 bits per heavy atom. The van der Waals surface area contributed by atoms with Gasteiger partial charge < -0.3 is 5.32 Å². The first-order valence-electron chi connectivity index (χ1n) is 7.09. The average molecular weight is 384 g/mol. The predicted octanol–water partition coefficient (Wildman–Crippen LogP) is 4.14. The zero-order chi connectivity index (χ0) is 14.7. The van der Waals surface area contributed by atoms with E-state index in [1.807, 2.05) is 0 Å². The fraction of sp³-hybridized carbons (Fsp3) is 0.600. The van der Waals surface area contributed by atoms with Crippen molar-refractivity contribution in [1.82, 2.24) is 10.2 Å². The number of nitrogens with zero attached hydrogens (tertiary/aromatic N) is 1. The maximum absolute atomic E-state index is 14.4. The third kappa shape index (κ3) is 4.62. The van der Waals surface area contributed by atoms with Crippen molar-refractivity contribution in [3.8, 4) is 0 Å². The van der Waals surface area contributed by atoms with Gasteiger partial charge in [0.05, 0.1) is 4.47 Å². The molecule has 0 spiro atoms. The van der Waals surface area contributed by atoms with Crippen molar-refractivity contribution in [1.29, 1.82) is 0 Å². The molecule has 0 amide bonds. The summed E-state index contributed by atoms with van der Waals surface area (Å²) in [5.41, 5.74) is 0.204. The normalized spacial score (nSPS) is 17.6. The number of halogens is 4. The van der Waals surface area contributed by atoms with Crippen LogP contribution in [0.25, 0.3) is 0 Å². The van der Waals surface area contributed by atoms with Gasteiger partial charge in [0.15, 0.2) is 0 Å². The van der Waals surface area contributed by atoms with Gasteiger partial charge in [-0.05, 0) is 40.4 Å². The molecule has 0 unspecified atom stereocenters. The van der Waals surface area contributed by atoms with Crippen LogP contribution in [0, 0.1) is 17.6 Å². The topological polar surface area (TPSA) is 15.3 Å². The van der Waals surface area contributed by atoms with E-state index in [0.717, 1.165) is 32.6 Å². The van der Waals surface area contributed by atoms with Crippen LogP contribution in [0.15, 0.2) is 16.6 Å². The van der Waals surface area contributed by atoms with Crippen LogP contribution >= 0.6 is 28.3 Å². The minimum atomic E-state index is -0.464. The fourth-order valence-corrected chi connectivity index (χ4v) is 3.08. The molecule has 0 bridgehead atoms. The lowest BCUT2D eigenvalue weighted by molar-refractivity contribution is 0.147. The highest BCUT2D eigenvalue weighted by atomic mass is 79.9. The molecule has 0 aliphatic carbocycles. The molecule has 1 aliphatic rings. The number of hydrogen-bond acceptors (Lipinski definition) is 2. The third-order valence-corrected chi connectivity index (χ3v) is 4.31. The zero-order valence-corrected chi connectivity index (χ0v) is 14.7. The number of rotatable bonds is 4. The summed E-state index contributed by atoms with van der Waals surface area (Å²) in [6.07, 6.45) is 0.754. The van der Waals surface area contributed by atoms with Gasteiger partial charge in [-0.1, -0.05) is 13.8 Å². The fourth-order valence-electron chi connectivity index (χ4n) is 2.74. The second-order valence-electron chi connectivity index (χ2n) is 5.69. The van der Waals surface area contributed by atoms with Gasteiger partial charge in [-0.25, -0.2) is 8.78 Å². The van der Waals surface area contributed by atoms with E-state index < -0.39 is 11.6 Å². The molecule has 1 N–H and O–H groups in total. The first-order chi connectivity index (χ1) is 9.50. The molecule has 1 heterocycles. The van der Waals surface area contributed by atoms with Gasteiger partial charge in [-0.15, -0.1) is 12.4 Å². The standard InChI is InChI=1S/C15H21BrF2N2.ClH/c1-10(2)9-13(20-7-5-19-6-8-20)14-12(17)4-3-11(16)15(14)18;/h3-4,10,13,19H,5-9H2,1-2H3;1H/t13-;/m1./s1. The molecule has 6 heteroatoms. The van der Waals surface area contributed by atoms with Crippen LogP contribution < -0.4 is 5.32 Å². The van der Waals surface area contributed by atoms with Crippen molar-refractivity contribution in [3.05, 3.63) is 33.8 Å². The Balaban J connectivity index is 0.00000220. The van der Waals surface area contributed by atoms with E-state index in [2.05, 4.69) is 40.0 Å². The van der Waals surface area contributed by atoms with Gasteiger partial charge >= 0.3 is 0 Å². The minimum absolute atomic E-state index is 0. The first kappa shape index (κ1) is 18.8. The molecule has 2 nitrogen and oxygen atoms in total. The maximum atomic E-state index is 14.4. The maximum Gasteiger partial charge on any atom is 0.145 e. The van der Waals surface area contributed by atoms with Crippen molar-refractivity contribution in [2.24, 2.45) is 5.92 Å². The van der Waals surface area contributed by atoms with E-state index in [0.29, 0.717) is 10.4 Å². The Morgan fingerprint density at radius 3 is 2.43 bits per heavy atom. The molecule has 1 aliphatic heterocycles. The van der Waals surface area contributed by atoms with Crippen molar-refractivity contribution in [2.75, 3.05) is 26.2 Å². The quantitative estimate of drug-likeness (QED) is 0.786. The molecule has 1 atom stereocenters. The molecular weight excluding hydrogens is 362 g/mol. The van der Waals surface area contributed by atoms with E-state index >= 15 is 0 Å². The van der Waals surface area contributed by atoms with Crippen molar-refractivity contribution < 1.29 is 8.78 Å². The lowest BCUT2D eigenvalue weighted by Crippen LogP contribution is -2.45. The number of hydrogen-bond donors (Lipinski definition) is 1. The van der Waals surface area contributed by atoms with Crippen molar-refractivity contribution in [3.63, 3.8) is 0 Å². The second kappa shape index (κ2) is 8.42. The predicted molar refractivity (Wildman–Crippen MR) is 87.9 cm³/mol. The third-order valence-electron chi connectivity index (χ3n) is 3.70. The average Bonchev–Trinajstić information content (AvgIpc) is 2.43. The van der Waals surface area contributed by atoms with Crippen LogP contribution in [0.1, 0.15) is 31.9 Å². The molecule has 120 valence electrons. The summed E-state index contributed by atoms with van der Waals surface area (Å²) in [5, 5.41) is 3.28. The summed E-state index contributed by atoms with van der Waals surface area (Å²) in [5.74, 6) is -0.531. The number of benzene rings is 1. The van der Waals surface area contributed by atoms with Crippen LogP contribution in [0.3, 0.4) is 0 Å². The molecule has 2 rings (SSSR count). The van der Waals surface area contributed by atoms with E-state index in [-0.39, 0.29) is 24.0 Å². The largest absolute Gasteiger partial charge is 0.314 e. The minimum Gasteiger partial charge on any atom is -0.314 e. The SMILES string of the molecule is CC(C)C[C@H](c1c(F)ccc(Br)c1F)N1CCNCC1.Cl. The number of piperazine rings is 1. The number of nitrogens with one attached hydrogen (secondary N) is 1. The Hall–Kier alpha value is -0.230. The van der Waals surface area contributed by atoms with Gasteiger partial charge in [0.2, 0.25) is 0 Å². The Kier molecular flexibility index (Phi) is 7.54. The molecular formula is C15H22BrClF2N2. The lowest BCUT2D eigenvalue weighted by Gasteiger charge is -2.36. The van der Waals surface area contributed by atoms with Crippen molar-refractivity contribution >= 4 is 28.3 Å². The highest BCUT2D eigenvalue weighted by molar-refractivity contribution is 9.10. The van der Waals surface area contributed by atoms with Gasteiger partial charge in [-0.2, -0.15) is 0 Å². The molecule has 0 saturated carbocycles. The molecule has 1 saturated heterocycles. The summed E-state index contributed by atoms with van der Waals surface area (Å²) in [7, 11) is 0. The zero-order valence-electron chi connectivity index (χ0n) is 12.3. The molecule has 21 heavy (non-hydrogen) atoms. The second-order valence-corrected chi connectivity index (χ2v) is 6.54. The molecule has 1 fully saturated rings. The Morgan fingerprint density at radius 1 is 1.24 bits per heavy atom. The van der Waals surface area contributed by atoms with Crippen LogP contribution in [-0.2, 0) is 0 Å². The first-order valence-corrected chi connectivity index (χ1v) is 7.88. The van der Waals surface area contributed by atoms with E-state index in [1.165, 1.54) is 12.1 Å². The van der Waals surface area contributed by atoms with Gasteiger partial charge in [-0.3, -0.25) is 4.90 Å². The highest BCUT2D eigenvalue weighted by Gasteiger charge is 2.28. The summed E-state index contributed by atoms with van der Waals surface area (Å²) in [6.45, 7) is 7.55. The van der Waals surface area contributed by atoms with Crippen LogP contribution in [-0.4, -0.2) is 31.1 Å².